The maximum absolute atomic E-state index is 12.3. The van der Waals surface area contributed by atoms with Crippen LogP contribution in [0.15, 0.2) is 40.5 Å². The highest BCUT2D eigenvalue weighted by atomic mass is 32.1. The average molecular weight is 539 g/mol. The molecule has 0 radical (unpaired) electrons. The van der Waals surface area contributed by atoms with Crippen LogP contribution in [0.2, 0.25) is 0 Å². The summed E-state index contributed by atoms with van der Waals surface area (Å²) in [5.74, 6) is -0.0337. The molecule has 0 spiro atoms. The predicted octanol–water partition coefficient (Wildman–Crippen LogP) is 3.76. The number of hydrogen-bond acceptors (Lipinski definition) is 12. The Kier molecular flexibility index (Phi) is 9.21. The summed E-state index contributed by atoms with van der Waals surface area (Å²) in [5, 5.41) is 25.3. The monoisotopic (exact) mass is 538 g/mol. The molecule has 0 unspecified atom stereocenters. The summed E-state index contributed by atoms with van der Waals surface area (Å²) >= 11 is 2.78. The van der Waals surface area contributed by atoms with E-state index in [1.165, 1.54) is 28.9 Å². The van der Waals surface area contributed by atoms with Crippen molar-refractivity contribution in [3.63, 3.8) is 0 Å². The van der Waals surface area contributed by atoms with Crippen LogP contribution in [-0.2, 0) is 16.0 Å². The van der Waals surface area contributed by atoms with E-state index in [-0.39, 0.29) is 36.5 Å². The molecule has 192 valence electrons. The van der Waals surface area contributed by atoms with E-state index >= 15 is 0 Å². The molecular weight excluding hydrogens is 512 g/mol. The van der Waals surface area contributed by atoms with E-state index in [1.54, 1.807) is 31.7 Å². The number of nitrogens with one attached hydrogen (secondary N) is 2. The zero-order valence-electron chi connectivity index (χ0n) is 20.2. The molecule has 2 amide bonds. The third kappa shape index (κ3) is 7.60. The lowest BCUT2D eigenvalue weighted by Crippen LogP contribution is -2.15. The Balaban J connectivity index is 1.32. The summed E-state index contributed by atoms with van der Waals surface area (Å²) in [6.07, 6.45) is 11.8. The molecule has 0 bridgehead atoms. The van der Waals surface area contributed by atoms with Crippen LogP contribution in [0.3, 0.4) is 0 Å². The molecular formula is C23H26N10O2S2. The minimum absolute atomic E-state index is 0.0515. The van der Waals surface area contributed by atoms with Gasteiger partial charge in [-0.2, -0.15) is 0 Å². The standard InChI is InChI=1S/C23H26N10O2S2/c1-3-25-12-16(24-2)10-18(34)28-22-32-30-20(36-22)14-5-4-6-15(9-14)21-31-33-23(37-21)29-19(35)11-17-13-26-7-8-27-17/h3,7-8,12-15H,2,4-6,9-11H2,1H3,(H,28,32,34)(H,29,33,35)/b16-12-,25-3?/t14-,15-/m0/s1. The lowest BCUT2D eigenvalue weighted by Gasteiger charge is -2.25. The van der Waals surface area contributed by atoms with E-state index in [2.05, 4.69) is 57.7 Å². The van der Waals surface area contributed by atoms with Crippen molar-refractivity contribution in [3.05, 3.63) is 46.2 Å². The van der Waals surface area contributed by atoms with E-state index < -0.39 is 0 Å². The second-order valence-electron chi connectivity index (χ2n) is 8.28. The maximum atomic E-state index is 12.3. The Hall–Kier alpha value is -3.78. The van der Waals surface area contributed by atoms with Crippen LogP contribution in [0.25, 0.3) is 0 Å². The number of nitrogens with zero attached hydrogens (tertiary/aromatic N) is 8. The van der Waals surface area contributed by atoms with Crippen molar-refractivity contribution in [3.8, 4) is 0 Å². The van der Waals surface area contributed by atoms with Gasteiger partial charge in [0.1, 0.15) is 10.0 Å². The Morgan fingerprint density at radius 2 is 1.73 bits per heavy atom. The van der Waals surface area contributed by atoms with Gasteiger partial charge in [0.25, 0.3) is 0 Å². The molecule has 1 fully saturated rings. The molecule has 0 aliphatic heterocycles. The smallest absolute Gasteiger partial charge is 0.232 e. The van der Waals surface area contributed by atoms with Gasteiger partial charge in [0.15, 0.2) is 0 Å². The fourth-order valence-corrected chi connectivity index (χ4v) is 5.73. The predicted molar refractivity (Wildman–Crippen MR) is 143 cm³/mol. The number of amides is 2. The SMILES string of the molecule is C=N/C(=C\N=CC)CC(=O)Nc1nnc([C@H]2CCC[C@H](c3nnc(NC(=O)Cc4cnccn4)s3)C2)s1. The van der Waals surface area contributed by atoms with Gasteiger partial charge >= 0.3 is 0 Å². The van der Waals surface area contributed by atoms with Gasteiger partial charge in [0.2, 0.25) is 22.1 Å². The number of aliphatic imine (C=N–C) groups is 2. The minimum atomic E-state index is -0.253. The van der Waals surface area contributed by atoms with E-state index in [9.17, 15) is 9.59 Å². The van der Waals surface area contributed by atoms with Crippen LogP contribution in [0.5, 0.6) is 0 Å². The number of rotatable bonds is 10. The summed E-state index contributed by atoms with van der Waals surface area (Å²) < 4.78 is 0. The summed E-state index contributed by atoms with van der Waals surface area (Å²) in [5.41, 5.74) is 1.06. The first-order chi connectivity index (χ1) is 18.0. The number of carbonyl (C=O) groups is 2. The molecule has 2 N–H and O–H groups in total. The van der Waals surface area contributed by atoms with Crippen molar-refractivity contribution in [2.45, 2.75) is 57.3 Å². The number of hydrogen-bond donors (Lipinski definition) is 2. The first-order valence-electron chi connectivity index (χ1n) is 11.7. The molecule has 12 nitrogen and oxygen atoms in total. The van der Waals surface area contributed by atoms with Crippen LogP contribution < -0.4 is 10.6 Å². The van der Waals surface area contributed by atoms with E-state index in [1.807, 2.05) is 0 Å². The summed E-state index contributed by atoms with van der Waals surface area (Å²) in [7, 11) is 0. The van der Waals surface area contributed by atoms with Gasteiger partial charge in [-0.05, 0) is 32.9 Å². The molecule has 37 heavy (non-hydrogen) atoms. The van der Waals surface area contributed by atoms with Crippen molar-refractivity contribution < 1.29 is 9.59 Å². The molecule has 1 saturated carbocycles. The number of aromatic nitrogens is 6. The van der Waals surface area contributed by atoms with Crippen LogP contribution in [0.1, 0.15) is 66.6 Å². The Labute approximate surface area is 221 Å². The van der Waals surface area contributed by atoms with Crippen molar-refractivity contribution in [2.75, 3.05) is 10.6 Å². The van der Waals surface area contributed by atoms with Gasteiger partial charge < -0.3 is 10.6 Å². The largest absolute Gasteiger partial charge is 0.300 e. The summed E-state index contributed by atoms with van der Waals surface area (Å²) in [6, 6.07) is 0. The zero-order chi connectivity index (χ0) is 26.0. The van der Waals surface area contributed by atoms with E-state index in [0.717, 1.165) is 35.7 Å². The van der Waals surface area contributed by atoms with Gasteiger partial charge in [-0.15, -0.1) is 20.4 Å². The molecule has 3 aromatic rings. The number of anilines is 2. The van der Waals surface area contributed by atoms with Crippen LogP contribution in [0, 0.1) is 0 Å². The van der Waals surface area contributed by atoms with Gasteiger partial charge in [0, 0.05) is 42.8 Å². The summed E-state index contributed by atoms with van der Waals surface area (Å²) in [6.45, 7) is 5.25. The quantitative estimate of drug-likeness (QED) is 0.369. The lowest BCUT2D eigenvalue weighted by atomic mass is 9.82. The van der Waals surface area contributed by atoms with E-state index in [4.69, 9.17) is 0 Å². The lowest BCUT2D eigenvalue weighted by molar-refractivity contribution is -0.116. The third-order valence-electron chi connectivity index (χ3n) is 5.62. The highest BCUT2D eigenvalue weighted by Crippen LogP contribution is 2.43. The van der Waals surface area contributed by atoms with Gasteiger partial charge in [0.05, 0.1) is 24.2 Å². The average Bonchev–Trinajstić information content (AvgIpc) is 3.57. The van der Waals surface area contributed by atoms with Crippen molar-refractivity contribution in [2.24, 2.45) is 9.98 Å². The van der Waals surface area contributed by atoms with Crippen LogP contribution in [0.4, 0.5) is 10.3 Å². The molecule has 3 heterocycles. The Morgan fingerprint density at radius 3 is 2.32 bits per heavy atom. The fourth-order valence-electron chi connectivity index (χ4n) is 3.92. The topological polar surface area (TPSA) is 160 Å². The molecule has 4 rings (SSSR count). The third-order valence-corrected chi connectivity index (χ3v) is 7.62. The normalized spacial score (nSPS) is 18.0. The second-order valence-corrected chi connectivity index (χ2v) is 10.3. The van der Waals surface area contributed by atoms with Crippen LogP contribution >= 0.6 is 22.7 Å². The van der Waals surface area contributed by atoms with Crippen molar-refractivity contribution >= 4 is 57.7 Å². The molecule has 3 aromatic heterocycles. The summed E-state index contributed by atoms with van der Waals surface area (Å²) in [4.78, 5) is 40.5. The van der Waals surface area contributed by atoms with Crippen molar-refractivity contribution in [1.29, 1.82) is 0 Å². The van der Waals surface area contributed by atoms with Gasteiger partial charge in [-0.25, -0.2) is 0 Å². The molecule has 0 aromatic carbocycles. The van der Waals surface area contributed by atoms with E-state index in [0.29, 0.717) is 21.7 Å². The first kappa shape index (κ1) is 26.3. The Bertz CT molecular complexity index is 1290. The minimum Gasteiger partial charge on any atom is -0.300 e. The number of carbonyl (C=O) groups excluding carboxylic acids is 2. The van der Waals surface area contributed by atoms with Crippen LogP contribution in [-0.4, -0.2) is 55.1 Å². The van der Waals surface area contributed by atoms with Gasteiger partial charge in [-0.1, -0.05) is 29.1 Å². The molecule has 1 aliphatic carbocycles. The van der Waals surface area contributed by atoms with Gasteiger partial charge in [-0.3, -0.25) is 29.5 Å². The zero-order valence-corrected chi connectivity index (χ0v) is 21.8. The highest BCUT2D eigenvalue weighted by molar-refractivity contribution is 7.15. The maximum Gasteiger partial charge on any atom is 0.232 e. The fraction of sp³-hybridized carbons (Fsp3) is 0.391. The molecule has 14 heteroatoms. The molecule has 2 atom stereocenters. The highest BCUT2D eigenvalue weighted by Gasteiger charge is 2.29. The molecule has 1 aliphatic rings. The first-order valence-corrected chi connectivity index (χ1v) is 13.3. The Morgan fingerprint density at radius 1 is 1.05 bits per heavy atom. The second kappa shape index (κ2) is 13.0. The van der Waals surface area contributed by atoms with Crippen molar-refractivity contribution in [1.82, 2.24) is 30.4 Å². The molecule has 0 saturated heterocycles.